The largest absolute Gasteiger partial charge is 0.377 e. The number of nitrogens with zero attached hydrogens (tertiary/aromatic N) is 4. The lowest BCUT2D eigenvalue weighted by Crippen LogP contribution is -2.46. The Morgan fingerprint density at radius 2 is 1.88 bits per heavy atom. The molecular weight excluding hydrogens is 521 g/mol. The minimum absolute atomic E-state index is 0.0340. The van der Waals surface area contributed by atoms with Crippen molar-refractivity contribution in [3.05, 3.63) is 71.8 Å². The van der Waals surface area contributed by atoms with Gasteiger partial charge in [0.25, 0.3) is 5.91 Å². The predicted molar refractivity (Wildman–Crippen MR) is 156 cm³/mol. The number of aromatic amines is 1. The Labute approximate surface area is 237 Å². The molecule has 7 rings (SSSR count). The van der Waals surface area contributed by atoms with E-state index in [1.54, 1.807) is 18.5 Å². The summed E-state index contributed by atoms with van der Waals surface area (Å²) in [6.45, 7) is 3.87. The quantitative estimate of drug-likeness (QED) is 0.325. The number of halogens is 1. The second kappa shape index (κ2) is 10.8. The van der Waals surface area contributed by atoms with Gasteiger partial charge in [-0.25, -0.2) is 14.4 Å². The number of ether oxygens (including phenoxy) is 1. The Morgan fingerprint density at radius 1 is 1.07 bits per heavy atom. The topological polar surface area (TPSA) is 112 Å². The molecule has 1 amide bonds. The van der Waals surface area contributed by atoms with E-state index < -0.39 is 11.7 Å². The SMILES string of the molecule is N[C@@H]1CCCN(Cc2ccc(F)c(C(=O)Nc3ccc(-c4cc5c(N6C7CCC6COC7)ncnc5[nH]4)cc3)c2)C1. The van der Waals surface area contributed by atoms with Crippen molar-refractivity contribution in [3.8, 4) is 11.3 Å². The van der Waals surface area contributed by atoms with E-state index in [9.17, 15) is 9.18 Å². The molecule has 3 aliphatic heterocycles. The van der Waals surface area contributed by atoms with Gasteiger partial charge in [0.2, 0.25) is 0 Å². The number of morpholine rings is 1. The van der Waals surface area contributed by atoms with Gasteiger partial charge >= 0.3 is 0 Å². The molecule has 9 nitrogen and oxygen atoms in total. The van der Waals surface area contributed by atoms with Crippen LogP contribution in [0.3, 0.4) is 0 Å². The number of anilines is 2. The van der Waals surface area contributed by atoms with Gasteiger partial charge in [-0.1, -0.05) is 18.2 Å². The highest BCUT2D eigenvalue weighted by Gasteiger charge is 2.39. The van der Waals surface area contributed by atoms with Crippen LogP contribution in [0, 0.1) is 5.82 Å². The first-order valence-corrected chi connectivity index (χ1v) is 14.4. The van der Waals surface area contributed by atoms with E-state index in [2.05, 4.69) is 36.1 Å². The van der Waals surface area contributed by atoms with Gasteiger partial charge in [-0.05, 0) is 73.7 Å². The van der Waals surface area contributed by atoms with Crippen LogP contribution in [0.25, 0.3) is 22.3 Å². The van der Waals surface area contributed by atoms with Gasteiger partial charge in [0.15, 0.2) is 0 Å². The summed E-state index contributed by atoms with van der Waals surface area (Å²) in [5, 5.41) is 3.83. The Bertz CT molecular complexity index is 1560. The Morgan fingerprint density at radius 3 is 2.66 bits per heavy atom. The number of nitrogens with one attached hydrogen (secondary N) is 2. The molecule has 3 fully saturated rings. The molecule has 4 N–H and O–H groups in total. The lowest BCUT2D eigenvalue weighted by molar-refractivity contribution is 0.0904. The summed E-state index contributed by atoms with van der Waals surface area (Å²) < 4.78 is 20.4. The Hall–Kier alpha value is -3.86. The van der Waals surface area contributed by atoms with Crippen molar-refractivity contribution in [2.24, 2.45) is 5.73 Å². The number of amides is 1. The summed E-state index contributed by atoms with van der Waals surface area (Å²) in [6, 6.07) is 15.2. The van der Waals surface area contributed by atoms with Crippen LogP contribution >= 0.6 is 0 Å². The van der Waals surface area contributed by atoms with Gasteiger partial charge in [0, 0.05) is 30.5 Å². The molecule has 0 radical (unpaired) electrons. The molecule has 2 bridgehead atoms. The van der Waals surface area contributed by atoms with Crippen LogP contribution in [0.4, 0.5) is 15.9 Å². The van der Waals surface area contributed by atoms with Gasteiger partial charge in [-0.15, -0.1) is 0 Å². The van der Waals surface area contributed by atoms with Crippen molar-refractivity contribution >= 4 is 28.4 Å². The van der Waals surface area contributed by atoms with E-state index in [0.29, 0.717) is 24.3 Å². The Kier molecular flexibility index (Phi) is 6.90. The maximum atomic E-state index is 14.6. The number of benzene rings is 2. The van der Waals surface area contributed by atoms with Gasteiger partial charge in [-0.3, -0.25) is 9.69 Å². The molecule has 3 saturated heterocycles. The molecule has 4 aromatic rings. The molecule has 0 spiro atoms. The third-order valence-electron chi connectivity index (χ3n) is 8.57. The van der Waals surface area contributed by atoms with Crippen LogP contribution in [0.2, 0.25) is 0 Å². The average molecular weight is 556 g/mol. The maximum Gasteiger partial charge on any atom is 0.258 e. The van der Waals surface area contributed by atoms with Crippen molar-refractivity contribution in [1.82, 2.24) is 19.9 Å². The predicted octanol–water partition coefficient (Wildman–Crippen LogP) is 4.31. The van der Waals surface area contributed by atoms with E-state index in [-0.39, 0.29) is 11.6 Å². The van der Waals surface area contributed by atoms with Gasteiger partial charge in [0.1, 0.15) is 23.6 Å². The monoisotopic (exact) mass is 555 g/mol. The molecular formula is C31H34FN7O2. The first-order valence-electron chi connectivity index (χ1n) is 14.4. The highest BCUT2D eigenvalue weighted by atomic mass is 19.1. The molecule has 10 heteroatoms. The summed E-state index contributed by atoms with van der Waals surface area (Å²) in [7, 11) is 0. The molecule has 5 heterocycles. The van der Waals surface area contributed by atoms with Crippen molar-refractivity contribution < 1.29 is 13.9 Å². The summed E-state index contributed by atoms with van der Waals surface area (Å²) >= 11 is 0. The van der Waals surface area contributed by atoms with Crippen molar-refractivity contribution in [3.63, 3.8) is 0 Å². The number of hydrogen-bond acceptors (Lipinski definition) is 7. The number of H-pyrrole nitrogens is 1. The molecule has 41 heavy (non-hydrogen) atoms. The lowest BCUT2D eigenvalue weighted by Gasteiger charge is -2.35. The van der Waals surface area contributed by atoms with E-state index >= 15 is 0 Å². The average Bonchev–Trinajstić information content (AvgIpc) is 3.52. The highest BCUT2D eigenvalue weighted by molar-refractivity contribution is 6.04. The minimum atomic E-state index is -0.540. The summed E-state index contributed by atoms with van der Waals surface area (Å²) in [6.07, 6.45) is 5.91. The lowest BCUT2D eigenvalue weighted by atomic mass is 10.0. The highest BCUT2D eigenvalue weighted by Crippen LogP contribution is 2.37. The molecule has 2 aromatic heterocycles. The minimum Gasteiger partial charge on any atom is -0.377 e. The molecule has 0 aliphatic carbocycles. The summed E-state index contributed by atoms with van der Waals surface area (Å²) in [4.78, 5) is 30.2. The maximum absolute atomic E-state index is 14.6. The first-order chi connectivity index (χ1) is 20.0. The fraction of sp³-hybridized carbons (Fsp3) is 0.387. The second-order valence-electron chi connectivity index (χ2n) is 11.5. The molecule has 0 saturated carbocycles. The molecule has 2 aromatic carbocycles. The van der Waals surface area contributed by atoms with E-state index in [1.165, 1.54) is 6.07 Å². The van der Waals surface area contributed by atoms with Crippen molar-refractivity contribution in [2.75, 3.05) is 36.5 Å². The van der Waals surface area contributed by atoms with Crippen LogP contribution in [-0.4, -0.2) is 70.2 Å². The molecule has 3 aliphatic rings. The normalized spacial score (nSPS) is 22.8. The zero-order valence-corrected chi connectivity index (χ0v) is 22.9. The number of rotatable bonds is 6. The van der Waals surface area contributed by atoms with Gasteiger partial charge in [-0.2, -0.15) is 0 Å². The smallest absolute Gasteiger partial charge is 0.258 e. The van der Waals surface area contributed by atoms with Crippen molar-refractivity contribution in [1.29, 1.82) is 0 Å². The fourth-order valence-corrected chi connectivity index (χ4v) is 6.53. The van der Waals surface area contributed by atoms with Crippen LogP contribution in [-0.2, 0) is 11.3 Å². The number of carbonyl (C=O) groups excluding carboxylic acids is 1. The number of aromatic nitrogens is 3. The van der Waals surface area contributed by atoms with Gasteiger partial charge < -0.3 is 25.7 Å². The zero-order valence-electron chi connectivity index (χ0n) is 22.9. The standard InChI is InChI=1S/C31H34FN7O2/c32-27-10-3-19(14-38-11-1-2-21(33)15-38)12-25(27)31(40)36-22-6-4-20(5-7-22)28-13-26-29(37-28)34-18-35-30(26)39-23-8-9-24(39)17-41-16-23/h3-7,10,12-13,18,21,23-24H,1-2,8-9,11,14-17,33H2,(H,36,40)(H,34,35,37)/t21-,23?,24?/m1/s1. The van der Waals surface area contributed by atoms with Crippen molar-refractivity contribution in [2.45, 2.75) is 50.4 Å². The third-order valence-corrected chi connectivity index (χ3v) is 8.57. The van der Waals surface area contributed by atoms with Crippen LogP contribution < -0.4 is 16.0 Å². The van der Waals surface area contributed by atoms with Gasteiger partial charge in [0.05, 0.1) is 36.2 Å². The number of carbonyl (C=O) groups is 1. The number of fused-ring (bicyclic) bond motifs is 3. The summed E-state index contributed by atoms with van der Waals surface area (Å²) in [5.74, 6) is -0.0652. The van der Waals surface area contributed by atoms with Crippen LogP contribution in [0.1, 0.15) is 41.6 Å². The van der Waals surface area contributed by atoms with E-state index in [1.807, 2.05) is 24.3 Å². The summed E-state index contributed by atoms with van der Waals surface area (Å²) in [5.41, 5.74) is 10.3. The molecule has 212 valence electrons. The number of piperidine rings is 1. The molecule has 3 atom stereocenters. The van der Waals surface area contributed by atoms with E-state index in [0.717, 1.165) is 85.7 Å². The van der Waals surface area contributed by atoms with Crippen LogP contribution in [0.15, 0.2) is 54.9 Å². The number of hydrogen-bond donors (Lipinski definition) is 3. The number of likely N-dealkylation sites (tertiary alicyclic amines) is 1. The second-order valence-corrected chi connectivity index (χ2v) is 11.5. The van der Waals surface area contributed by atoms with Crippen LogP contribution in [0.5, 0.6) is 0 Å². The fourth-order valence-electron chi connectivity index (χ4n) is 6.53. The van der Waals surface area contributed by atoms with E-state index in [4.69, 9.17) is 10.5 Å². The number of nitrogens with two attached hydrogens (primary N) is 1. The molecule has 2 unspecified atom stereocenters. The third kappa shape index (κ3) is 5.18. The first kappa shape index (κ1) is 26.1. The Balaban J connectivity index is 1.07. The zero-order chi connectivity index (χ0) is 27.9.